The Morgan fingerprint density at radius 1 is 1.08 bits per heavy atom. The first kappa shape index (κ1) is 26.2. The van der Waals surface area contributed by atoms with Crippen LogP contribution in [0.1, 0.15) is 23.2 Å². The molecule has 0 bridgehead atoms. The van der Waals surface area contributed by atoms with Crippen molar-refractivity contribution in [3.05, 3.63) is 88.6 Å². The molecule has 0 saturated carbocycles. The Kier molecular flexibility index (Phi) is 7.48. The fraction of sp³-hybridized carbons (Fsp3) is 0.222. The van der Waals surface area contributed by atoms with E-state index in [0.29, 0.717) is 19.8 Å². The van der Waals surface area contributed by atoms with Gasteiger partial charge < -0.3 is 19.8 Å². The van der Waals surface area contributed by atoms with Gasteiger partial charge in [-0.25, -0.2) is 13.1 Å². The molecule has 202 valence electrons. The number of fused-ring (bicyclic) bond motifs is 1. The lowest BCUT2D eigenvalue weighted by molar-refractivity contribution is -0.384. The quantitative estimate of drug-likeness (QED) is 0.198. The van der Waals surface area contributed by atoms with Crippen LogP contribution in [-0.4, -0.2) is 44.0 Å². The predicted octanol–water partition coefficient (Wildman–Crippen LogP) is 4.83. The molecule has 0 unspecified atom stereocenters. The van der Waals surface area contributed by atoms with Crippen LogP contribution in [-0.2, 0) is 14.8 Å². The first-order valence-corrected chi connectivity index (χ1v) is 13.8. The number of carbonyl (C=O) groups excluding carboxylic acids is 1. The van der Waals surface area contributed by atoms with Gasteiger partial charge in [0.15, 0.2) is 0 Å². The Morgan fingerprint density at radius 3 is 2.59 bits per heavy atom. The van der Waals surface area contributed by atoms with Gasteiger partial charge in [0.25, 0.3) is 15.9 Å². The predicted molar refractivity (Wildman–Crippen MR) is 145 cm³/mol. The van der Waals surface area contributed by atoms with Crippen LogP contribution in [0.15, 0.2) is 77.8 Å². The molecule has 1 aliphatic rings. The van der Waals surface area contributed by atoms with Crippen molar-refractivity contribution in [2.45, 2.75) is 17.7 Å². The summed E-state index contributed by atoms with van der Waals surface area (Å²) in [6.45, 7) is 1.67. The molecule has 11 nitrogen and oxygen atoms in total. The van der Waals surface area contributed by atoms with Crippen LogP contribution in [0.2, 0.25) is 0 Å². The topological polar surface area (TPSA) is 153 Å². The molecule has 1 aliphatic heterocycles. The van der Waals surface area contributed by atoms with Gasteiger partial charge in [0, 0.05) is 42.4 Å². The Morgan fingerprint density at radius 2 is 1.85 bits per heavy atom. The van der Waals surface area contributed by atoms with Crippen molar-refractivity contribution in [2.24, 2.45) is 5.92 Å². The van der Waals surface area contributed by atoms with Crippen LogP contribution < -0.4 is 14.8 Å². The van der Waals surface area contributed by atoms with E-state index in [1.165, 1.54) is 24.3 Å². The lowest BCUT2D eigenvalue weighted by Gasteiger charge is -2.23. The average Bonchev–Trinajstić information content (AvgIpc) is 3.40. The summed E-state index contributed by atoms with van der Waals surface area (Å²) in [7, 11) is -4.58. The van der Waals surface area contributed by atoms with E-state index in [9.17, 15) is 23.3 Å². The second kappa shape index (κ2) is 11.1. The summed E-state index contributed by atoms with van der Waals surface area (Å²) in [6, 6.07) is 17.0. The van der Waals surface area contributed by atoms with E-state index in [0.717, 1.165) is 23.7 Å². The number of amides is 1. The number of hydrogen-bond acceptors (Lipinski definition) is 8. The zero-order valence-electron chi connectivity index (χ0n) is 20.8. The van der Waals surface area contributed by atoms with Crippen LogP contribution in [0, 0.1) is 16.0 Å². The number of ether oxygens (including phenoxy) is 2. The molecular formula is C27H26N4O7S. The number of sulfonamides is 1. The minimum atomic E-state index is -4.58. The standard InChI is InChI=1S/C27H26N4O7S/c32-27(19-4-2-1-3-5-19)30-39(35,36)24-9-8-23(29-17-18-11-14-37-15-12-18)25(31(33)34)26(24)38-21-6-7-22-20(16-21)10-13-28-22/h1-10,13,16,18,28-29H,11-12,14-15,17H2,(H,30,32). The van der Waals surface area contributed by atoms with E-state index in [-0.39, 0.29) is 22.9 Å². The summed E-state index contributed by atoms with van der Waals surface area (Å²) in [6.07, 6.45) is 3.34. The van der Waals surface area contributed by atoms with Gasteiger partial charge in [-0.05, 0) is 67.3 Å². The molecule has 1 saturated heterocycles. The van der Waals surface area contributed by atoms with Crippen molar-refractivity contribution in [2.75, 3.05) is 25.1 Å². The number of carbonyl (C=O) groups is 1. The molecule has 2 heterocycles. The Hall–Kier alpha value is -4.42. The first-order chi connectivity index (χ1) is 18.8. The van der Waals surface area contributed by atoms with Crippen LogP contribution in [0.5, 0.6) is 11.5 Å². The molecule has 1 aromatic heterocycles. The van der Waals surface area contributed by atoms with Gasteiger partial charge >= 0.3 is 5.69 Å². The fourth-order valence-corrected chi connectivity index (χ4v) is 5.53. The minimum absolute atomic E-state index is 0.109. The van der Waals surface area contributed by atoms with E-state index in [4.69, 9.17) is 9.47 Å². The SMILES string of the molecule is O=C(NS(=O)(=O)c1ccc(NCC2CCOCC2)c([N+](=O)[O-])c1Oc1ccc2[nH]ccc2c1)c1ccccc1. The zero-order chi connectivity index (χ0) is 27.4. The highest BCUT2D eigenvalue weighted by molar-refractivity contribution is 7.90. The van der Waals surface area contributed by atoms with E-state index in [1.54, 1.807) is 48.7 Å². The number of hydrogen-bond donors (Lipinski definition) is 3. The molecule has 3 N–H and O–H groups in total. The third-order valence-corrected chi connectivity index (χ3v) is 7.85. The summed E-state index contributed by atoms with van der Waals surface area (Å²) in [5, 5.41) is 16.2. The smallest absolute Gasteiger partial charge is 0.335 e. The minimum Gasteiger partial charge on any atom is -0.449 e. The van der Waals surface area contributed by atoms with E-state index < -0.39 is 37.2 Å². The van der Waals surface area contributed by atoms with Gasteiger partial charge in [0.2, 0.25) is 5.75 Å². The maximum Gasteiger partial charge on any atom is 0.335 e. The third kappa shape index (κ3) is 5.86. The number of nitrogens with zero attached hydrogens (tertiary/aromatic N) is 1. The van der Waals surface area contributed by atoms with Crippen LogP contribution in [0.25, 0.3) is 10.9 Å². The lowest BCUT2D eigenvalue weighted by atomic mass is 10.0. The monoisotopic (exact) mass is 550 g/mol. The number of H-pyrrole nitrogens is 1. The number of anilines is 1. The second-order valence-electron chi connectivity index (χ2n) is 9.11. The van der Waals surface area contributed by atoms with Crippen molar-refractivity contribution in [3.8, 4) is 11.5 Å². The molecule has 0 radical (unpaired) electrons. The van der Waals surface area contributed by atoms with Gasteiger partial charge in [-0.2, -0.15) is 0 Å². The first-order valence-electron chi connectivity index (χ1n) is 12.3. The van der Waals surface area contributed by atoms with Gasteiger partial charge in [-0.15, -0.1) is 0 Å². The molecule has 39 heavy (non-hydrogen) atoms. The number of nitro benzene ring substituents is 1. The molecule has 0 aliphatic carbocycles. The van der Waals surface area contributed by atoms with E-state index in [1.807, 2.05) is 4.72 Å². The number of aromatic amines is 1. The van der Waals surface area contributed by atoms with Crippen LogP contribution >= 0.6 is 0 Å². The van der Waals surface area contributed by atoms with Crippen molar-refractivity contribution in [1.82, 2.24) is 9.71 Å². The Bertz CT molecular complexity index is 1610. The number of nitrogens with one attached hydrogen (secondary N) is 3. The number of nitro groups is 1. The van der Waals surface area contributed by atoms with Crippen molar-refractivity contribution in [1.29, 1.82) is 0 Å². The Balaban J connectivity index is 1.55. The maximum absolute atomic E-state index is 13.4. The third-order valence-electron chi connectivity index (χ3n) is 6.50. The lowest BCUT2D eigenvalue weighted by Crippen LogP contribution is -2.31. The fourth-order valence-electron chi connectivity index (χ4n) is 4.43. The molecule has 1 fully saturated rings. The van der Waals surface area contributed by atoms with Crippen molar-refractivity contribution >= 4 is 38.2 Å². The summed E-state index contributed by atoms with van der Waals surface area (Å²) in [4.78, 5) is 26.9. The summed E-state index contributed by atoms with van der Waals surface area (Å²) < 4.78 is 40.2. The van der Waals surface area contributed by atoms with Crippen LogP contribution in [0.3, 0.4) is 0 Å². The highest BCUT2D eigenvalue weighted by atomic mass is 32.2. The molecule has 0 spiro atoms. The van der Waals surface area contributed by atoms with Crippen LogP contribution in [0.4, 0.5) is 11.4 Å². The maximum atomic E-state index is 13.4. The normalized spacial score (nSPS) is 14.2. The van der Waals surface area contributed by atoms with Crippen molar-refractivity contribution < 1.29 is 27.6 Å². The summed E-state index contributed by atoms with van der Waals surface area (Å²) >= 11 is 0. The molecular weight excluding hydrogens is 524 g/mol. The van der Waals surface area contributed by atoms with Crippen molar-refractivity contribution in [3.63, 3.8) is 0 Å². The molecule has 3 aromatic carbocycles. The number of benzene rings is 3. The number of aromatic nitrogens is 1. The number of rotatable bonds is 9. The molecule has 0 atom stereocenters. The van der Waals surface area contributed by atoms with Gasteiger partial charge in [-0.3, -0.25) is 14.9 Å². The van der Waals surface area contributed by atoms with Gasteiger partial charge in [-0.1, -0.05) is 18.2 Å². The van der Waals surface area contributed by atoms with Gasteiger partial charge in [0.1, 0.15) is 16.3 Å². The highest BCUT2D eigenvalue weighted by Gasteiger charge is 2.33. The van der Waals surface area contributed by atoms with E-state index in [2.05, 4.69) is 10.3 Å². The molecule has 12 heteroatoms. The average molecular weight is 551 g/mol. The molecule has 4 aromatic rings. The molecule has 5 rings (SSSR count). The summed E-state index contributed by atoms with van der Waals surface area (Å²) in [5.74, 6) is -0.940. The van der Waals surface area contributed by atoms with E-state index >= 15 is 0 Å². The summed E-state index contributed by atoms with van der Waals surface area (Å²) in [5.41, 5.74) is 0.487. The Labute approximate surface area is 224 Å². The molecule has 1 amide bonds. The largest absolute Gasteiger partial charge is 0.449 e. The zero-order valence-corrected chi connectivity index (χ0v) is 21.6. The highest BCUT2D eigenvalue weighted by Crippen LogP contribution is 2.43. The second-order valence-corrected chi connectivity index (χ2v) is 10.8. The van der Waals surface area contributed by atoms with Gasteiger partial charge in [0.05, 0.1) is 4.92 Å².